The zero-order chi connectivity index (χ0) is 13.9. The Bertz CT molecular complexity index is 303. The summed E-state index contributed by atoms with van der Waals surface area (Å²) < 4.78 is 11.5. The topological polar surface area (TPSA) is 50.7 Å². The molecule has 3 fully saturated rings. The van der Waals surface area contributed by atoms with E-state index in [1.807, 2.05) is 0 Å². The summed E-state index contributed by atoms with van der Waals surface area (Å²) in [6.45, 7) is 2.96. The highest BCUT2D eigenvalue weighted by molar-refractivity contribution is 4.93. The van der Waals surface area contributed by atoms with Crippen molar-refractivity contribution in [3.05, 3.63) is 0 Å². The van der Waals surface area contributed by atoms with Gasteiger partial charge in [0.1, 0.15) is 0 Å². The van der Waals surface area contributed by atoms with Gasteiger partial charge in [-0.3, -0.25) is 0 Å². The molecule has 116 valence electrons. The van der Waals surface area contributed by atoms with Crippen molar-refractivity contribution in [3.63, 3.8) is 0 Å². The number of hydrogen-bond acceptors (Lipinski definition) is 4. The van der Waals surface area contributed by atoms with Crippen LogP contribution < -0.4 is 5.32 Å². The summed E-state index contributed by atoms with van der Waals surface area (Å²) in [7, 11) is 0. The van der Waals surface area contributed by atoms with E-state index in [0.717, 1.165) is 32.3 Å². The summed E-state index contributed by atoms with van der Waals surface area (Å²) in [5.41, 5.74) is -0.414. The zero-order valence-corrected chi connectivity index (χ0v) is 12.5. The van der Waals surface area contributed by atoms with E-state index < -0.39 is 5.60 Å². The second-order valence-corrected chi connectivity index (χ2v) is 7.00. The standard InChI is InChI=1S/C16H29NO3/c18-15(7-10-19-11-8-15)13-17-14-4-9-20-16(12-14)5-2-1-3-6-16/h14,17-18H,1-13H2. The van der Waals surface area contributed by atoms with Gasteiger partial charge < -0.3 is 19.9 Å². The van der Waals surface area contributed by atoms with E-state index in [4.69, 9.17) is 9.47 Å². The van der Waals surface area contributed by atoms with E-state index in [-0.39, 0.29) is 5.60 Å². The minimum Gasteiger partial charge on any atom is -0.388 e. The first-order chi connectivity index (χ1) is 9.70. The Morgan fingerprint density at radius 1 is 1.00 bits per heavy atom. The molecule has 0 bridgehead atoms. The summed E-state index contributed by atoms with van der Waals surface area (Å²) in [4.78, 5) is 0. The molecule has 1 aliphatic carbocycles. The molecule has 0 amide bonds. The molecule has 4 nitrogen and oxygen atoms in total. The van der Waals surface area contributed by atoms with Crippen LogP contribution in [0.5, 0.6) is 0 Å². The molecule has 0 aromatic carbocycles. The molecule has 1 unspecified atom stereocenters. The largest absolute Gasteiger partial charge is 0.388 e. The Kier molecular flexibility index (Phi) is 4.65. The maximum atomic E-state index is 10.5. The number of hydrogen-bond donors (Lipinski definition) is 2. The molecule has 3 rings (SSSR count). The van der Waals surface area contributed by atoms with Gasteiger partial charge in [0.15, 0.2) is 0 Å². The molecule has 0 aromatic rings. The van der Waals surface area contributed by atoms with Crippen LogP contribution >= 0.6 is 0 Å². The zero-order valence-electron chi connectivity index (χ0n) is 12.5. The van der Waals surface area contributed by atoms with Crippen molar-refractivity contribution in [2.75, 3.05) is 26.4 Å². The maximum absolute atomic E-state index is 10.5. The lowest BCUT2D eigenvalue weighted by molar-refractivity contribution is -0.113. The summed E-state index contributed by atoms with van der Waals surface area (Å²) in [6, 6.07) is 0.508. The summed E-state index contributed by atoms with van der Waals surface area (Å²) in [5, 5.41) is 14.1. The molecule has 2 heterocycles. The van der Waals surface area contributed by atoms with Crippen molar-refractivity contribution >= 4 is 0 Å². The quantitative estimate of drug-likeness (QED) is 0.832. The van der Waals surface area contributed by atoms with Gasteiger partial charge in [-0.15, -0.1) is 0 Å². The molecule has 20 heavy (non-hydrogen) atoms. The molecule has 0 aromatic heterocycles. The predicted molar refractivity (Wildman–Crippen MR) is 77.8 cm³/mol. The first-order valence-corrected chi connectivity index (χ1v) is 8.37. The molecule has 2 aliphatic heterocycles. The van der Waals surface area contributed by atoms with Gasteiger partial charge in [-0.1, -0.05) is 19.3 Å². The number of rotatable bonds is 3. The Balaban J connectivity index is 1.49. The van der Waals surface area contributed by atoms with Gasteiger partial charge in [0.05, 0.1) is 11.2 Å². The lowest BCUT2D eigenvalue weighted by Gasteiger charge is -2.44. The van der Waals surface area contributed by atoms with Gasteiger partial charge in [0.2, 0.25) is 0 Å². The lowest BCUT2D eigenvalue weighted by atomic mass is 9.78. The van der Waals surface area contributed by atoms with E-state index in [0.29, 0.717) is 25.8 Å². The molecular formula is C16H29NO3. The summed E-state index contributed by atoms with van der Waals surface area (Å²) >= 11 is 0. The van der Waals surface area contributed by atoms with Crippen LogP contribution in [0.1, 0.15) is 57.8 Å². The van der Waals surface area contributed by atoms with E-state index in [1.165, 1.54) is 32.1 Å². The predicted octanol–water partition coefficient (Wildman–Crippen LogP) is 2.00. The number of ether oxygens (including phenoxy) is 2. The molecule has 1 saturated carbocycles. The van der Waals surface area contributed by atoms with E-state index >= 15 is 0 Å². The average Bonchev–Trinajstić information content (AvgIpc) is 2.47. The highest BCUT2D eigenvalue weighted by Crippen LogP contribution is 2.38. The Morgan fingerprint density at radius 3 is 2.50 bits per heavy atom. The first-order valence-electron chi connectivity index (χ1n) is 8.37. The van der Waals surface area contributed by atoms with Crippen LogP contribution in [0.15, 0.2) is 0 Å². The fraction of sp³-hybridized carbons (Fsp3) is 1.00. The average molecular weight is 283 g/mol. The van der Waals surface area contributed by atoms with E-state index in [1.54, 1.807) is 0 Å². The third-order valence-electron chi connectivity index (χ3n) is 5.40. The highest BCUT2D eigenvalue weighted by Gasteiger charge is 2.39. The third kappa shape index (κ3) is 3.53. The van der Waals surface area contributed by atoms with Gasteiger partial charge in [-0.2, -0.15) is 0 Å². The van der Waals surface area contributed by atoms with Gasteiger partial charge >= 0.3 is 0 Å². The molecule has 2 N–H and O–H groups in total. The smallest absolute Gasteiger partial charge is 0.0815 e. The first kappa shape index (κ1) is 14.8. The third-order valence-corrected chi connectivity index (χ3v) is 5.40. The minimum atomic E-state index is -0.559. The van der Waals surface area contributed by atoms with Gasteiger partial charge in [0, 0.05) is 45.2 Å². The van der Waals surface area contributed by atoms with Crippen LogP contribution in [0.3, 0.4) is 0 Å². The van der Waals surface area contributed by atoms with Crippen LogP contribution in [0.4, 0.5) is 0 Å². The second kappa shape index (κ2) is 6.30. The molecule has 3 aliphatic rings. The van der Waals surface area contributed by atoms with Crippen LogP contribution in [0.25, 0.3) is 0 Å². The van der Waals surface area contributed by atoms with Crippen molar-refractivity contribution in [3.8, 4) is 0 Å². The molecule has 1 atom stereocenters. The van der Waals surface area contributed by atoms with Crippen LogP contribution in [0.2, 0.25) is 0 Å². The van der Waals surface area contributed by atoms with Gasteiger partial charge in [0.25, 0.3) is 0 Å². The molecule has 0 radical (unpaired) electrons. The van der Waals surface area contributed by atoms with E-state index in [2.05, 4.69) is 5.32 Å². The number of aliphatic hydroxyl groups is 1. The van der Waals surface area contributed by atoms with Crippen LogP contribution in [0, 0.1) is 0 Å². The minimum absolute atomic E-state index is 0.145. The van der Waals surface area contributed by atoms with Crippen molar-refractivity contribution < 1.29 is 14.6 Å². The van der Waals surface area contributed by atoms with Crippen LogP contribution in [-0.4, -0.2) is 48.7 Å². The number of nitrogens with one attached hydrogen (secondary N) is 1. The molecule has 4 heteroatoms. The molecule has 1 spiro atoms. The SMILES string of the molecule is OC1(CNC2CCOC3(CCCCC3)C2)CCOCC1. The van der Waals surface area contributed by atoms with Crippen molar-refractivity contribution in [2.45, 2.75) is 75.0 Å². The summed E-state index contributed by atoms with van der Waals surface area (Å²) in [6.07, 6.45) is 10.2. The Labute approximate surface area is 122 Å². The molecule has 2 saturated heterocycles. The fourth-order valence-corrected chi connectivity index (χ4v) is 4.01. The Hall–Kier alpha value is -0.160. The van der Waals surface area contributed by atoms with Gasteiger partial charge in [-0.05, 0) is 25.7 Å². The van der Waals surface area contributed by atoms with Gasteiger partial charge in [-0.25, -0.2) is 0 Å². The fourth-order valence-electron chi connectivity index (χ4n) is 4.01. The Morgan fingerprint density at radius 2 is 1.75 bits per heavy atom. The van der Waals surface area contributed by atoms with Crippen molar-refractivity contribution in [1.29, 1.82) is 0 Å². The maximum Gasteiger partial charge on any atom is 0.0815 e. The van der Waals surface area contributed by atoms with Crippen molar-refractivity contribution in [1.82, 2.24) is 5.32 Å². The molecular weight excluding hydrogens is 254 g/mol. The van der Waals surface area contributed by atoms with Crippen LogP contribution in [-0.2, 0) is 9.47 Å². The summed E-state index contributed by atoms with van der Waals surface area (Å²) in [5.74, 6) is 0. The lowest BCUT2D eigenvalue weighted by Crippen LogP contribution is -2.52. The second-order valence-electron chi connectivity index (χ2n) is 7.00. The van der Waals surface area contributed by atoms with Crippen molar-refractivity contribution in [2.24, 2.45) is 0 Å². The monoisotopic (exact) mass is 283 g/mol. The highest BCUT2D eigenvalue weighted by atomic mass is 16.5. The van der Waals surface area contributed by atoms with E-state index in [9.17, 15) is 5.11 Å². The normalized spacial score (nSPS) is 33.1.